The number of rotatable bonds is 10. The molecule has 2 aromatic rings. The fourth-order valence-electron chi connectivity index (χ4n) is 3.01. The molecule has 2 aromatic carbocycles. The average molecular weight is 434 g/mol. The van der Waals surface area contributed by atoms with E-state index in [-0.39, 0.29) is 24.5 Å². The summed E-state index contributed by atoms with van der Waals surface area (Å²) in [7, 11) is 0. The van der Waals surface area contributed by atoms with Gasteiger partial charge in [0, 0.05) is 19.8 Å². The van der Waals surface area contributed by atoms with Crippen LogP contribution in [0.15, 0.2) is 60.7 Å². The van der Waals surface area contributed by atoms with Gasteiger partial charge in [-0.15, -0.1) is 0 Å². The molecule has 3 atom stereocenters. The fourth-order valence-corrected chi connectivity index (χ4v) is 3.01. The highest BCUT2D eigenvalue weighted by Crippen LogP contribution is 2.12. The molecule has 32 heavy (non-hydrogen) atoms. The van der Waals surface area contributed by atoms with Crippen molar-refractivity contribution in [2.45, 2.75) is 37.9 Å². The molecule has 2 unspecified atom stereocenters. The van der Waals surface area contributed by atoms with Crippen LogP contribution in [0.1, 0.15) is 24.5 Å². The lowest BCUT2D eigenvalue weighted by molar-refractivity contribution is -0.130. The minimum Gasteiger partial charge on any atom is -0.508 e. The average Bonchev–Trinajstić information content (AvgIpc) is 2.77. The fraction of sp³-hybridized carbons (Fsp3) is 0.250. The summed E-state index contributed by atoms with van der Waals surface area (Å²) >= 11 is 0. The van der Waals surface area contributed by atoms with Crippen molar-refractivity contribution < 1.29 is 19.5 Å². The van der Waals surface area contributed by atoms with Gasteiger partial charge in [-0.3, -0.25) is 14.4 Å². The van der Waals surface area contributed by atoms with Gasteiger partial charge in [-0.2, -0.15) is 5.26 Å². The SMILES string of the molecule is CC(=O)N[C@@H](Cc1ccccc1)C(=O)NC(CC(N)C#N)C(=O)/C=C/c1ccc(O)cc1. The Kier molecular flexibility index (Phi) is 9.14. The van der Waals surface area contributed by atoms with Crippen molar-refractivity contribution in [1.82, 2.24) is 10.6 Å². The number of aromatic hydroxyl groups is 1. The van der Waals surface area contributed by atoms with E-state index in [0.29, 0.717) is 5.56 Å². The molecule has 0 radical (unpaired) electrons. The van der Waals surface area contributed by atoms with E-state index >= 15 is 0 Å². The van der Waals surface area contributed by atoms with E-state index in [1.54, 1.807) is 12.1 Å². The number of amides is 2. The van der Waals surface area contributed by atoms with Crippen LogP contribution in [0.3, 0.4) is 0 Å². The summed E-state index contributed by atoms with van der Waals surface area (Å²) in [6.45, 7) is 1.31. The van der Waals surface area contributed by atoms with E-state index < -0.39 is 29.8 Å². The molecule has 0 bridgehead atoms. The van der Waals surface area contributed by atoms with Gasteiger partial charge in [0.15, 0.2) is 5.78 Å². The monoisotopic (exact) mass is 434 g/mol. The van der Waals surface area contributed by atoms with Crippen molar-refractivity contribution in [1.29, 1.82) is 5.26 Å². The van der Waals surface area contributed by atoms with Gasteiger partial charge in [0.05, 0.1) is 18.2 Å². The molecule has 0 heterocycles. The summed E-state index contributed by atoms with van der Waals surface area (Å²) in [4.78, 5) is 37.3. The van der Waals surface area contributed by atoms with Gasteiger partial charge < -0.3 is 21.5 Å². The van der Waals surface area contributed by atoms with E-state index in [4.69, 9.17) is 11.0 Å². The Morgan fingerprint density at radius 2 is 1.72 bits per heavy atom. The summed E-state index contributed by atoms with van der Waals surface area (Å²) in [5, 5.41) is 23.6. The Balaban J connectivity index is 2.17. The number of nitriles is 1. The van der Waals surface area contributed by atoms with Gasteiger partial charge >= 0.3 is 0 Å². The molecule has 2 amide bonds. The quantitative estimate of drug-likeness (QED) is 0.416. The lowest BCUT2D eigenvalue weighted by Crippen LogP contribution is -2.53. The van der Waals surface area contributed by atoms with Crippen LogP contribution in [0.4, 0.5) is 0 Å². The number of nitrogens with two attached hydrogens (primary N) is 1. The highest BCUT2D eigenvalue weighted by molar-refractivity contribution is 6.00. The topological polar surface area (TPSA) is 145 Å². The molecule has 0 fully saturated rings. The summed E-state index contributed by atoms with van der Waals surface area (Å²) in [6.07, 6.45) is 2.97. The molecule has 0 saturated heterocycles. The molecular weight excluding hydrogens is 408 g/mol. The van der Waals surface area contributed by atoms with Crippen molar-refractivity contribution in [3.05, 3.63) is 71.8 Å². The molecule has 2 rings (SSSR count). The Morgan fingerprint density at radius 1 is 1.06 bits per heavy atom. The first-order chi connectivity index (χ1) is 15.3. The molecule has 8 heteroatoms. The van der Waals surface area contributed by atoms with Crippen LogP contribution in [-0.2, 0) is 20.8 Å². The van der Waals surface area contributed by atoms with Crippen LogP contribution >= 0.6 is 0 Å². The smallest absolute Gasteiger partial charge is 0.243 e. The summed E-state index contributed by atoms with van der Waals surface area (Å²) in [5.41, 5.74) is 7.22. The van der Waals surface area contributed by atoms with Crippen molar-refractivity contribution in [3.63, 3.8) is 0 Å². The lowest BCUT2D eigenvalue weighted by Gasteiger charge is -2.22. The Labute approximate surface area is 186 Å². The van der Waals surface area contributed by atoms with E-state index in [2.05, 4.69) is 10.6 Å². The van der Waals surface area contributed by atoms with Gasteiger partial charge in [-0.25, -0.2) is 0 Å². The largest absolute Gasteiger partial charge is 0.508 e. The number of hydrogen-bond donors (Lipinski definition) is 4. The van der Waals surface area contributed by atoms with Crippen molar-refractivity contribution in [2.24, 2.45) is 5.73 Å². The molecular formula is C24H26N4O4. The minimum absolute atomic E-state index is 0.0842. The third kappa shape index (κ3) is 8.05. The molecule has 166 valence electrons. The van der Waals surface area contributed by atoms with Crippen molar-refractivity contribution >= 4 is 23.7 Å². The zero-order chi connectivity index (χ0) is 23.5. The van der Waals surface area contributed by atoms with E-state index in [1.807, 2.05) is 36.4 Å². The number of carbonyl (C=O) groups is 3. The van der Waals surface area contributed by atoms with Crippen LogP contribution in [-0.4, -0.2) is 40.8 Å². The molecule has 0 saturated carbocycles. The van der Waals surface area contributed by atoms with Crippen molar-refractivity contribution in [2.75, 3.05) is 0 Å². The summed E-state index contributed by atoms with van der Waals surface area (Å²) < 4.78 is 0. The van der Waals surface area contributed by atoms with Crippen LogP contribution in [0.2, 0.25) is 0 Å². The first kappa shape index (κ1) is 24.3. The van der Waals surface area contributed by atoms with E-state index in [1.165, 1.54) is 31.2 Å². The number of phenolic OH excluding ortho intramolecular Hbond substituents is 1. The Hall–Kier alpha value is -3.96. The maximum Gasteiger partial charge on any atom is 0.243 e. The Morgan fingerprint density at radius 3 is 2.31 bits per heavy atom. The minimum atomic E-state index is -1.04. The highest BCUT2D eigenvalue weighted by atomic mass is 16.3. The third-order valence-electron chi connectivity index (χ3n) is 4.63. The van der Waals surface area contributed by atoms with Gasteiger partial charge in [0.1, 0.15) is 11.8 Å². The van der Waals surface area contributed by atoms with E-state index in [9.17, 15) is 19.5 Å². The summed E-state index contributed by atoms with van der Waals surface area (Å²) in [6, 6.07) is 14.3. The second-order valence-electron chi connectivity index (χ2n) is 7.30. The van der Waals surface area contributed by atoms with Gasteiger partial charge in [0.2, 0.25) is 11.8 Å². The normalized spacial score (nSPS) is 13.5. The zero-order valence-corrected chi connectivity index (χ0v) is 17.7. The van der Waals surface area contributed by atoms with Gasteiger partial charge in [-0.1, -0.05) is 48.5 Å². The number of ketones is 1. The molecule has 8 nitrogen and oxygen atoms in total. The van der Waals surface area contributed by atoms with Crippen LogP contribution in [0.5, 0.6) is 5.75 Å². The number of nitrogens with zero attached hydrogens (tertiary/aromatic N) is 1. The molecule has 0 aliphatic heterocycles. The molecule has 0 aromatic heterocycles. The second kappa shape index (κ2) is 12.0. The lowest BCUT2D eigenvalue weighted by atomic mass is 10.0. The predicted octanol–water partition coefficient (Wildman–Crippen LogP) is 1.45. The van der Waals surface area contributed by atoms with Crippen LogP contribution < -0.4 is 16.4 Å². The molecule has 0 spiro atoms. The highest BCUT2D eigenvalue weighted by Gasteiger charge is 2.26. The number of phenols is 1. The van der Waals surface area contributed by atoms with Crippen molar-refractivity contribution in [3.8, 4) is 11.8 Å². The molecule has 0 aliphatic carbocycles. The number of nitrogens with one attached hydrogen (secondary N) is 2. The van der Waals surface area contributed by atoms with Crippen LogP contribution in [0, 0.1) is 11.3 Å². The number of hydrogen-bond acceptors (Lipinski definition) is 6. The standard InChI is InChI=1S/C24H26N4O4/c1-16(29)27-22(13-18-5-3-2-4-6-18)24(32)28-21(14-19(26)15-25)23(31)12-9-17-7-10-20(30)11-8-17/h2-12,19,21-22,30H,13-14,26H2,1H3,(H,27,29)(H,28,32)/b12-9+/t19?,21?,22-/m0/s1. The Bertz CT molecular complexity index is 997. The third-order valence-corrected chi connectivity index (χ3v) is 4.63. The molecule has 0 aliphatic rings. The zero-order valence-electron chi connectivity index (χ0n) is 17.7. The predicted molar refractivity (Wildman–Crippen MR) is 120 cm³/mol. The molecule has 5 N–H and O–H groups in total. The summed E-state index contributed by atoms with van der Waals surface area (Å²) in [5.74, 6) is -1.28. The maximum absolute atomic E-state index is 12.9. The van der Waals surface area contributed by atoms with Gasteiger partial charge in [-0.05, 0) is 29.3 Å². The number of carbonyl (C=O) groups excluding carboxylic acids is 3. The van der Waals surface area contributed by atoms with Gasteiger partial charge in [0.25, 0.3) is 0 Å². The maximum atomic E-state index is 12.9. The number of benzene rings is 2. The first-order valence-electron chi connectivity index (χ1n) is 10.1. The van der Waals surface area contributed by atoms with Crippen LogP contribution in [0.25, 0.3) is 6.08 Å². The first-order valence-corrected chi connectivity index (χ1v) is 10.1. The van der Waals surface area contributed by atoms with E-state index in [0.717, 1.165) is 5.56 Å². The second-order valence-corrected chi connectivity index (χ2v) is 7.30.